The van der Waals surface area contributed by atoms with Crippen LogP contribution < -0.4 is 0 Å². The smallest absolute Gasteiger partial charge is 0.335 e. The van der Waals surface area contributed by atoms with E-state index in [9.17, 15) is 30.3 Å². The first-order chi connectivity index (χ1) is 13.0. The van der Waals surface area contributed by atoms with Crippen LogP contribution in [0.2, 0.25) is 0 Å². The number of allylic oxidation sites excluding steroid dienone is 1. The minimum absolute atomic E-state index is 0.0594. The summed E-state index contributed by atoms with van der Waals surface area (Å²) in [6, 6.07) is 0. The van der Waals surface area contributed by atoms with Crippen LogP contribution in [-0.4, -0.2) is 67.1 Å². The summed E-state index contributed by atoms with van der Waals surface area (Å²) in [6.07, 6.45) is -0.840. The van der Waals surface area contributed by atoms with Gasteiger partial charge in [-0.1, -0.05) is 58.1 Å². The zero-order valence-electron chi connectivity index (χ0n) is 17.7. The van der Waals surface area contributed by atoms with E-state index < -0.39 is 36.5 Å². The van der Waals surface area contributed by atoms with Crippen molar-refractivity contribution in [2.75, 3.05) is 0 Å². The monoisotopic (exact) mass is 404 g/mol. The standard InChI is InChI=1S/C21H40O7/c1-13(2)7-5-8-14(3)9-6-10-15(4)11-12-16(22)17(23)18(24)19(25)20(26)21(27)28/h11,13-14,16-20,22-26H,5-10,12H2,1-4H3,(H,27,28)/t14?,16?,17-,18-,19+,20+/m1/s1. The molecule has 0 aliphatic carbocycles. The lowest BCUT2D eigenvalue weighted by Crippen LogP contribution is -2.51. The van der Waals surface area contributed by atoms with E-state index in [1.807, 2.05) is 6.92 Å². The molecule has 0 spiro atoms. The maximum atomic E-state index is 10.6. The average Bonchev–Trinajstić information content (AvgIpc) is 2.63. The third-order valence-electron chi connectivity index (χ3n) is 5.12. The maximum Gasteiger partial charge on any atom is 0.335 e. The minimum atomic E-state index is -2.24. The van der Waals surface area contributed by atoms with Crippen LogP contribution in [0.5, 0.6) is 0 Å². The van der Waals surface area contributed by atoms with E-state index in [1.54, 1.807) is 6.08 Å². The van der Waals surface area contributed by atoms with E-state index in [-0.39, 0.29) is 6.42 Å². The Hall–Kier alpha value is -0.990. The highest BCUT2D eigenvalue weighted by atomic mass is 16.4. The molecule has 0 bridgehead atoms. The van der Waals surface area contributed by atoms with Gasteiger partial charge in [0.15, 0.2) is 6.10 Å². The number of aliphatic carboxylic acids is 1. The van der Waals surface area contributed by atoms with Crippen LogP contribution in [0, 0.1) is 11.8 Å². The Morgan fingerprint density at radius 3 is 1.96 bits per heavy atom. The molecule has 0 aliphatic heterocycles. The zero-order valence-corrected chi connectivity index (χ0v) is 17.7. The summed E-state index contributed by atoms with van der Waals surface area (Å²) >= 11 is 0. The molecular formula is C21H40O7. The summed E-state index contributed by atoms with van der Waals surface area (Å²) in [6.45, 7) is 8.66. The van der Waals surface area contributed by atoms with Gasteiger partial charge in [0.05, 0.1) is 6.10 Å². The summed E-state index contributed by atoms with van der Waals surface area (Å²) in [5, 5.41) is 57.0. The zero-order chi connectivity index (χ0) is 21.9. The van der Waals surface area contributed by atoms with Crippen LogP contribution >= 0.6 is 0 Å². The molecule has 0 rings (SSSR count). The third kappa shape index (κ3) is 11.1. The van der Waals surface area contributed by atoms with Crippen molar-refractivity contribution in [3.8, 4) is 0 Å². The molecule has 0 saturated heterocycles. The van der Waals surface area contributed by atoms with Gasteiger partial charge in [-0.2, -0.15) is 0 Å². The highest BCUT2D eigenvalue weighted by Gasteiger charge is 2.36. The van der Waals surface area contributed by atoms with Gasteiger partial charge in [-0.25, -0.2) is 4.79 Å². The van der Waals surface area contributed by atoms with E-state index in [4.69, 9.17) is 5.11 Å². The molecule has 166 valence electrons. The number of carbonyl (C=O) groups is 1. The van der Waals surface area contributed by atoms with Crippen LogP contribution in [0.3, 0.4) is 0 Å². The number of rotatable bonds is 15. The van der Waals surface area contributed by atoms with Crippen molar-refractivity contribution in [2.45, 2.75) is 103 Å². The number of aliphatic hydroxyl groups is 5. The van der Waals surface area contributed by atoms with Crippen molar-refractivity contribution in [1.29, 1.82) is 0 Å². The molecule has 6 N–H and O–H groups in total. The van der Waals surface area contributed by atoms with E-state index in [0.29, 0.717) is 5.92 Å². The Morgan fingerprint density at radius 2 is 1.43 bits per heavy atom. The van der Waals surface area contributed by atoms with Crippen LogP contribution in [-0.2, 0) is 4.79 Å². The second kappa shape index (κ2) is 14.1. The molecule has 0 aromatic heterocycles. The molecule has 28 heavy (non-hydrogen) atoms. The summed E-state index contributed by atoms with van der Waals surface area (Å²) in [4.78, 5) is 10.6. The Labute approximate surface area is 168 Å². The van der Waals surface area contributed by atoms with Gasteiger partial charge in [0, 0.05) is 0 Å². The molecule has 2 unspecified atom stereocenters. The first-order valence-electron chi connectivity index (χ1n) is 10.3. The molecule has 7 nitrogen and oxygen atoms in total. The van der Waals surface area contributed by atoms with Crippen molar-refractivity contribution in [2.24, 2.45) is 11.8 Å². The maximum absolute atomic E-state index is 10.6. The van der Waals surface area contributed by atoms with Gasteiger partial charge in [0.2, 0.25) is 0 Å². The highest BCUT2D eigenvalue weighted by Crippen LogP contribution is 2.20. The second-order valence-electron chi connectivity index (χ2n) is 8.43. The van der Waals surface area contributed by atoms with Crippen molar-refractivity contribution in [3.05, 3.63) is 11.6 Å². The Bertz CT molecular complexity index is 464. The van der Waals surface area contributed by atoms with Gasteiger partial charge in [0.25, 0.3) is 0 Å². The average molecular weight is 405 g/mol. The molecule has 0 aromatic rings. The van der Waals surface area contributed by atoms with Gasteiger partial charge in [-0.15, -0.1) is 0 Å². The third-order valence-corrected chi connectivity index (χ3v) is 5.12. The fraction of sp³-hybridized carbons (Fsp3) is 0.857. The molecule has 0 radical (unpaired) electrons. The van der Waals surface area contributed by atoms with Crippen molar-refractivity contribution >= 4 is 5.97 Å². The Morgan fingerprint density at radius 1 is 0.857 bits per heavy atom. The Balaban J connectivity index is 4.27. The molecule has 0 saturated carbocycles. The lowest BCUT2D eigenvalue weighted by atomic mass is 9.94. The first-order valence-corrected chi connectivity index (χ1v) is 10.3. The SMILES string of the molecule is CC(=CCC(O)[C@@H](O)[C@@H](O)[C@H](O)[C@H](O)C(=O)O)CCCC(C)CCCC(C)C. The van der Waals surface area contributed by atoms with E-state index in [2.05, 4.69) is 20.8 Å². The Kier molecular flexibility index (Phi) is 13.6. The van der Waals surface area contributed by atoms with Crippen LogP contribution in [0.15, 0.2) is 11.6 Å². The highest BCUT2D eigenvalue weighted by molar-refractivity contribution is 5.72. The molecular weight excluding hydrogens is 364 g/mol. The molecule has 6 atom stereocenters. The van der Waals surface area contributed by atoms with Crippen molar-refractivity contribution in [3.63, 3.8) is 0 Å². The molecule has 0 aliphatic rings. The van der Waals surface area contributed by atoms with E-state index >= 15 is 0 Å². The first kappa shape index (κ1) is 27.0. The van der Waals surface area contributed by atoms with Gasteiger partial charge >= 0.3 is 5.97 Å². The van der Waals surface area contributed by atoms with Gasteiger partial charge in [-0.3, -0.25) is 0 Å². The van der Waals surface area contributed by atoms with Crippen molar-refractivity contribution in [1.82, 2.24) is 0 Å². The topological polar surface area (TPSA) is 138 Å². The largest absolute Gasteiger partial charge is 0.479 e. The number of carboxylic acids is 1. The molecule has 0 fully saturated rings. The second-order valence-corrected chi connectivity index (χ2v) is 8.43. The van der Waals surface area contributed by atoms with Crippen molar-refractivity contribution < 1.29 is 35.4 Å². The van der Waals surface area contributed by atoms with Crippen LogP contribution in [0.1, 0.15) is 72.6 Å². The van der Waals surface area contributed by atoms with E-state index in [0.717, 1.165) is 30.8 Å². The number of hydrogen-bond donors (Lipinski definition) is 6. The predicted molar refractivity (Wildman–Crippen MR) is 108 cm³/mol. The van der Waals surface area contributed by atoms with Gasteiger partial charge in [-0.05, 0) is 38.0 Å². The van der Waals surface area contributed by atoms with Crippen LogP contribution in [0.25, 0.3) is 0 Å². The summed E-state index contributed by atoms with van der Waals surface area (Å²) in [7, 11) is 0. The normalized spacial score (nSPS) is 19.1. The minimum Gasteiger partial charge on any atom is -0.479 e. The lowest BCUT2D eigenvalue weighted by Gasteiger charge is -2.27. The van der Waals surface area contributed by atoms with Gasteiger partial charge in [0.1, 0.15) is 18.3 Å². The fourth-order valence-corrected chi connectivity index (χ4v) is 3.07. The lowest BCUT2D eigenvalue weighted by molar-refractivity contribution is -0.167. The number of aliphatic hydroxyl groups excluding tert-OH is 5. The summed E-state index contributed by atoms with van der Waals surface area (Å²) < 4.78 is 0. The molecule has 0 amide bonds. The van der Waals surface area contributed by atoms with Gasteiger partial charge < -0.3 is 30.6 Å². The fourth-order valence-electron chi connectivity index (χ4n) is 3.07. The summed E-state index contributed by atoms with van der Waals surface area (Å²) in [5.74, 6) is -0.301. The predicted octanol–water partition coefficient (Wildman–Crippen LogP) is 1.84. The number of carboxylic acid groups (broad SMARTS) is 1. The van der Waals surface area contributed by atoms with E-state index in [1.165, 1.54) is 19.3 Å². The molecule has 0 heterocycles. The molecule has 0 aromatic carbocycles. The quantitative estimate of drug-likeness (QED) is 0.229. The summed E-state index contributed by atoms with van der Waals surface area (Å²) in [5.41, 5.74) is 1.06. The van der Waals surface area contributed by atoms with Crippen LogP contribution in [0.4, 0.5) is 0 Å². The molecule has 7 heteroatoms. The number of hydrogen-bond acceptors (Lipinski definition) is 6.